The predicted molar refractivity (Wildman–Crippen MR) is 189 cm³/mol. The molecule has 246 valence electrons. The number of amides is 1. The van der Waals surface area contributed by atoms with E-state index in [-0.39, 0.29) is 11.3 Å². The van der Waals surface area contributed by atoms with Gasteiger partial charge in [0.1, 0.15) is 12.3 Å². The second-order valence-corrected chi connectivity index (χ2v) is 13.9. The van der Waals surface area contributed by atoms with Crippen LogP contribution in [-0.4, -0.2) is 17.4 Å². The van der Waals surface area contributed by atoms with Crippen molar-refractivity contribution >= 4 is 17.5 Å². The Kier molecular flexibility index (Phi) is 16.0. The average molecular weight is 634 g/mol. The molecular formula is C40H58ClN2O2+. The monoisotopic (exact) mass is 633 g/mol. The standard InChI is InChI=1S/C40H58ClN2O2/c1-6-8-9-10-11-12-13-14-15-16-17-20-29-45-38-24-23-34(30-36(38)40(3,4)5)32-43(31-33-25-27-42(7-2)28-26-33)39(44)35-21-18-19-22-37(35)41/h18-19,21-28,30H,6-17,20,29,31-32H2,1-5H3/q+1. The molecule has 0 fully saturated rings. The lowest BCUT2D eigenvalue weighted by molar-refractivity contribution is -0.693. The molecule has 1 aromatic heterocycles. The van der Waals surface area contributed by atoms with Crippen LogP contribution in [0, 0.1) is 0 Å². The van der Waals surface area contributed by atoms with E-state index in [1.54, 1.807) is 12.1 Å². The number of benzene rings is 2. The Morgan fingerprint density at radius 1 is 0.756 bits per heavy atom. The molecule has 0 aliphatic heterocycles. The highest BCUT2D eigenvalue weighted by molar-refractivity contribution is 6.33. The van der Waals surface area contributed by atoms with Crippen LogP contribution >= 0.6 is 11.6 Å². The summed E-state index contributed by atoms with van der Waals surface area (Å²) in [5, 5.41) is 0.473. The normalized spacial score (nSPS) is 11.5. The van der Waals surface area contributed by atoms with Gasteiger partial charge in [-0.05, 0) is 59.7 Å². The van der Waals surface area contributed by atoms with E-state index >= 15 is 0 Å². The molecule has 0 spiro atoms. The highest BCUT2D eigenvalue weighted by Gasteiger charge is 2.23. The minimum Gasteiger partial charge on any atom is -0.493 e. The second kappa shape index (κ2) is 19.6. The molecule has 0 saturated carbocycles. The van der Waals surface area contributed by atoms with Gasteiger partial charge in [-0.25, -0.2) is 4.57 Å². The number of aromatic nitrogens is 1. The van der Waals surface area contributed by atoms with Crippen LogP contribution in [0.1, 0.15) is 139 Å². The number of unbranched alkanes of at least 4 members (excludes halogenated alkanes) is 11. The number of halogens is 1. The van der Waals surface area contributed by atoms with E-state index in [0.717, 1.165) is 36.4 Å². The molecule has 0 N–H and O–H groups in total. The Hall–Kier alpha value is -2.85. The van der Waals surface area contributed by atoms with E-state index in [0.29, 0.717) is 23.7 Å². The molecule has 5 heteroatoms. The van der Waals surface area contributed by atoms with Crippen LogP contribution in [0.4, 0.5) is 0 Å². The molecule has 1 heterocycles. The van der Waals surface area contributed by atoms with E-state index in [4.69, 9.17) is 16.3 Å². The number of carbonyl (C=O) groups is 1. The summed E-state index contributed by atoms with van der Waals surface area (Å²) in [6.45, 7) is 13.7. The van der Waals surface area contributed by atoms with Crippen LogP contribution in [-0.2, 0) is 25.0 Å². The van der Waals surface area contributed by atoms with Crippen molar-refractivity contribution in [3.63, 3.8) is 0 Å². The zero-order valence-electron chi connectivity index (χ0n) is 28.8. The third kappa shape index (κ3) is 12.8. The van der Waals surface area contributed by atoms with Crippen molar-refractivity contribution in [2.45, 2.75) is 137 Å². The molecule has 2 aromatic carbocycles. The first-order valence-electron chi connectivity index (χ1n) is 17.5. The van der Waals surface area contributed by atoms with Crippen molar-refractivity contribution in [1.29, 1.82) is 0 Å². The molecule has 0 atom stereocenters. The quantitative estimate of drug-likeness (QED) is 0.0916. The second-order valence-electron chi connectivity index (χ2n) is 13.5. The maximum atomic E-state index is 13.8. The maximum Gasteiger partial charge on any atom is 0.255 e. The van der Waals surface area contributed by atoms with Gasteiger partial charge in [0.25, 0.3) is 5.91 Å². The van der Waals surface area contributed by atoms with Crippen LogP contribution < -0.4 is 9.30 Å². The molecule has 0 aliphatic carbocycles. The number of hydrogen-bond acceptors (Lipinski definition) is 2. The zero-order valence-corrected chi connectivity index (χ0v) is 29.5. The first-order valence-corrected chi connectivity index (χ1v) is 17.9. The van der Waals surface area contributed by atoms with E-state index < -0.39 is 0 Å². The summed E-state index contributed by atoms with van der Waals surface area (Å²) in [5.41, 5.74) is 3.77. The fraction of sp³-hybridized carbons (Fsp3) is 0.550. The molecule has 3 aromatic rings. The molecule has 0 unspecified atom stereocenters. The van der Waals surface area contributed by atoms with Crippen molar-refractivity contribution in [1.82, 2.24) is 4.90 Å². The zero-order chi connectivity index (χ0) is 32.5. The highest BCUT2D eigenvalue weighted by Crippen LogP contribution is 2.33. The van der Waals surface area contributed by atoms with Crippen molar-refractivity contribution in [3.05, 3.63) is 94.3 Å². The van der Waals surface area contributed by atoms with E-state index in [1.807, 2.05) is 17.0 Å². The molecular weight excluding hydrogens is 576 g/mol. The average Bonchev–Trinajstić information content (AvgIpc) is 3.03. The smallest absolute Gasteiger partial charge is 0.255 e. The fourth-order valence-electron chi connectivity index (χ4n) is 5.76. The SMILES string of the molecule is CCCCCCCCCCCCCCOc1ccc(CN(Cc2cc[n+](CC)cc2)C(=O)c2ccccc2Cl)cc1C(C)(C)C. The van der Waals surface area contributed by atoms with Crippen LogP contribution in [0.25, 0.3) is 0 Å². The number of carbonyl (C=O) groups excluding carboxylic acids is 1. The van der Waals surface area contributed by atoms with Crippen LogP contribution in [0.3, 0.4) is 0 Å². The molecule has 4 nitrogen and oxygen atoms in total. The Morgan fingerprint density at radius 3 is 1.91 bits per heavy atom. The number of ether oxygens (including phenoxy) is 1. The number of aryl methyl sites for hydroxylation is 1. The van der Waals surface area contributed by atoms with Gasteiger partial charge in [0, 0.05) is 25.2 Å². The van der Waals surface area contributed by atoms with Gasteiger partial charge in [0.2, 0.25) is 0 Å². The first-order chi connectivity index (χ1) is 21.7. The Bertz CT molecular complexity index is 1280. The van der Waals surface area contributed by atoms with E-state index in [1.165, 1.54) is 76.2 Å². The topological polar surface area (TPSA) is 33.4 Å². The summed E-state index contributed by atoms with van der Waals surface area (Å²) in [6.07, 6.45) is 20.1. The predicted octanol–water partition coefficient (Wildman–Crippen LogP) is 10.9. The third-order valence-corrected chi connectivity index (χ3v) is 8.90. The van der Waals surface area contributed by atoms with Gasteiger partial charge >= 0.3 is 0 Å². The van der Waals surface area contributed by atoms with Crippen LogP contribution in [0.5, 0.6) is 5.75 Å². The van der Waals surface area contributed by atoms with Gasteiger partial charge in [-0.3, -0.25) is 4.79 Å². The van der Waals surface area contributed by atoms with Gasteiger partial charge < -0.3 is 9.64 Å². The van der Waals surface area contributed by atoms with Gasteiger partial charge in [0.15, 0.2) is 12.4 Å². The molecule has 0 saturated heterocycles. The lowest BCUT2D eigenvalue weighted by Crippen LogP contribution is -2.33. The van der Waals surface area contributed by atoms with Crippen molar-refractivity contribution in [2.75, 3.05) is 6.61 Å². The molecule has 0 aliphatic rings. The minimum absolute atomic E-state index is 0.0718. The Balaban J connectivity index is 1.60. The lowest BCUT2D eigenvalue weighted by atomic mass is 9.85. The number of pyridine rings is 1. The molecule has 0 bridgehead atoms. The Morgan fingerprint density at radius 2 is 1.33 bits per heavy atom. The summed E-state index contributed by atoms with van der Waals surface area (Å²) in [4.78, 5) is 15.7. The molecule has 3 rings (SSSR count). The van der Waals surface area contributed by atoms with E-state index in [9.17, 15) is 4.79 Å². The van der Waals surface area contributed by atoms with Crippen LogP contribution in [0.2, 0.25) is 5.02 Å². The number of hydrogen-bond donors (Lipinski definition) is 0. The largest absolute Gasteiger partial charge is 0.493 e. The molecule has 0 radical (unpaired) electrons. The van der Waals surface area contributed by atoms with Gasteiger partial charge in [-0.15, -0.1) is 0 Å². The third-order valence-electron chi connectivity index (χ3n) is 8.57. The van der Waals surface area contributed by atoms with Crippen molar-refractivity contribution in [2.24, 2.45) is 0 Å². The number of rotatable bonds is 20. The molecule has 45 heavy (non-hydrogen) atoms. The number of nitrogens with zero attached hydrogens (tertiary/aromatic N) is 2. The minimum atomic E-state index is -0.0906. The maximum absolute atomic E-state index is 13.8. The summed E-state index contributed by atoms with van der Waals surface area (Å²) in [7, 11) is 0. The first kappa shape index (κ1) is 36.6. The van der Waals surface area contributed by atoms with Gasteiger partial charge in [-0.1, -0.05) is 128 Å². The van der Waals surface area contributed by atoms with Crippen molar-refractivity contribution in [3.8, 4) is 5.75 Å². The van der Waals surface area contributed by atoms with Gasteiger partial charge in [-0.2, -0.15) is 0 Å². The van der Waals surface area contributed by atoms with Gasteiger partial charge in [0.05, 0.1) is 17.2 Å². The van der Waals surface area contributed by atoms with Crippen molar-refractivity contribution < 1.29 is 14.1 Å². The summed E-state index contributed by atoms with van der Waals surface area (Å²) < 4.78 is 8.49. The summed E-state index contributed by atoms with van der Waals surface area (Å²) >= 11 is 6.48. The van der Waals surface area contributed by atoms with Crippen LogP contribution in [0.15, 0.2) is 67.0 Å². The summed E-state index contributed by atoms with van der Waals surface area (Å²) in [6, 6.07) is 17.9. The highest BCUT2D eigenvalue weighted by atomic mass is 35.5. The fourth-order valence-corrected chi connectivity index (χ4v) is 5.98. The van der Waals surface area contributed by atoms with E-state index in [2.05, 4.69) is 81.9 Å². The lowest BCUT2D eigenvalue weighted by Gasteiger charge is -2.27. The Labute approximate surface area is 279 Å². The molecule has 1 amide bonds. The summed E-state index contributed by atoms with van der Waals surface area (Å²) in [5.74, 6) is 0.878.